The minimum atomic E-state index is -0.801. The van der Waals surface area contributed by atoms with E-state index in [1.54, 1.807) is 19.1 Å². The molecule has 2 heterocycles. The van der Waals surface area contributed by atoms with Crippen LogP contribution in [0, 0.1) is 12.7 Å². The molecule has 2 aromatic heterocycles. The molecule has 0 fully saturated rings. The second-order valence-corrected chi connectivity index (χ2v) is 6.98. The molecule has 4 aromatic rings. The number of fused-ring (bicyclic) bond motifs is 1. The van der Waals surface area contributed by atoms with Gasteiger partial charge in [-0.05, 0) is 62.4 Å². The van der Waals surface area contributed by atoms with Crippen molar-refractivity contribution < 1.29 is 13.9 Å². The fourth-order valence-electron chi connectivity index (χ4n) is 3.39. The van der Waals surface area contributed by atoms with Gasteiger partial charge in [-0.1, -0.05) is 23.8 Å². The fraction of sp³-hybridized carbons (Fsp3) is 0.167. The number of rotatable bonds is 6. The zero-order valence-electron chi connectivity index (χ0n) is 16.8. The molecule has 0 spiro atoms. The molecule has 0 bridgehead atoms. The summed E-state index contributed by atoms with van der Waals surface area (Å²) in [6.45, 7) is 4.04. The van der Waals surface area contributed by atoms with Crippen molar-refractivity contribution in [1.82, 2.24) is 9.38 Å². The van der Waals surface area contributed by atoms with Crippen LogP contribution in [0.5, 0.6) is 0 Å². The minimum Gasteiger partial charge on any atom is -0.464 e. The lowest BCUT2D eigenvalue weighted by molar-refractivity contribution is -0.144. The summed E-state index contributed by atoms with van der Waals surface area (Å²) in [5.74, 6) is -0.740. The second-order valence-electron chi connectivity index (χ2n) is 6.98. The summed E-state index contributed by atoms with van der Waals surface area (Å²) in [6.07, 6.45) is 1.85. The van der Waals surface area contributed by atoms with E-state index in [9.17, 15) is 9.18 Å². The monoisotopic (exact) mass is 403 g/mol. The van der Waals surface area contributed by atoms with E-state index in [1.165, 1.54) is 12.1 Å². The Labute approximate surface area is 174 Å². The van der Waals surface area contributed by atoms with Crippen LogP contribution in [0.4, 0.5) is 10.1 Å². The quantitative estimate of drug-likeness (QED) is 0.452. The number of aromatic nitrogens is 2. The topological polar surface area (TPSA) is 55.6 Å². The van der Waals surface area contributed by atoms with Gasteiger partial charge < -0.3 is 14.5 Å². The van der Waals surface area contributed by atoms with Crippen LogP contribution in [0.25, 0.3) is 16.9 Å². The van der Waals surface area contributed by atoms with Gasteiger partial charge in [-0.15, -0.1) is 0 Å². The number of anilines is 1. The van der Waals surface area contributed by atoms with Crippen molar-refractivity contribution in [3.05, 3.63) is 90.0 Å². The molecule has 1 unspecified atom stereocenters. The van der Waals surface area contributed by atoms with Crippen molar-refractivity contribution in [3.63, 3.8) is 0 Å². The van der Waals surface area contributed by atoms with E-state index in [0.717, 1.165) is 16.8 Å². The Balaban J connectivity index is 1.89. The summed E-state index contributed by atoms with van der Waals surface area (Å²) < 4.78 is 20.7. The van der Waals surface area contributed by atoms with Crippen LogP contribution in [0.3, 0.4) is 0 Å². The number of ether oxygens (including phenoxy) is 1. The van der Waals surface area contributed by atoms with Gasteiger partial charge >= 0.3 is 5.97 Å². The van der Waals surface area contributed by atoms with Gasteiger partial charge in [-0.25, -0.2) is 14.2 Å². The van der Waals surface area contributed by atoms with Gasteiger partial charge in [0, 0.05) is 17.4 Å². The van der Waals surface area contributed by atoms with Crippen LogP contribution >= 0.6 is 0 Å². The van der Waals surface area contributed by atoms with Crippen LogP contribution in [0.1, 0.15) is 24.2 Å². The Morgan fingerprint density at radius 1 is 1.10 bits per heavy atom. The summed E-state index contributed by atoms with van der Waals surface area (Å²) in [5.41, 5.74) is 4.54. The highest BCUT2D eigenvalue weighted by atomic mass is 19.1. The molecular formula is C24H22FN3O2. The first kappa shape index (κ1) is 19.6. The molecule has 0 amide bonds. The zero-order chi connectivity index (χ0) is 21.1. The van der Waals surface area contributed by atoms with E-state index in [4.69, 9.17) is 9.72 Å². The number of pyridine rings is 1. The van der Waals surface area contributed by atoms with Crippen LogP contribution in [-0.4, -0.2) is 22.0 Å². The first-order chi connectivity index (χ1) is 14.6. The summed E-state index contributed by atoms with van der Waals surface area (Å²) >= 11 is 0. The van der Waals surface area contributed by atoms with Gasteiger partial charge in [-0.2, -0.15) is 0 Å². The average Bonchev–Trinajstić information content (AvgIpc) is 3.13. The molecule has 0 radical (unpaired) electrons. The summed E-state index contributed by atoms with van der Waals surface area (Å²) in [4.78, 5) is 17.7. The average molecular weight is 403 g/mol. The summed E-state index contributed by atoms with van der Waals surface area (Å²) in [7, 11) is 0. The Bertz CT molecular complexity index is 1170. The van der Waals surface area contributed by atoms with Crippen molar-refractivity contribution in [2.75, 3.05) is 11.9 Å². The third-order valence-corrected chi connectivity index (χ3v) is 4.84. The molecule has 4 rings (SSSR count). The number of halogens is 1. The van der Waals surface area contributed by atoms with Crippen LogP contribution in [0.2, 0.25) is 0 Å². The molecule has 0 saturated carbocycles. The van der Waals surface area contributed by atoms with Crippen molar-refractivity contribution in [3.8, 4) is 11.3 Å². The van der Waals surface area contributed by atoms with E-state index in [0.29, 0.717) is 17.0 Å². The fourth-order valence-corrected chi connectivity index (χ4v) is 3.39. The number of imidazole rings is 1. The number of carbonyl (C=O) groups is 1. The number of nitrogens with one attached hydrogen (secondary N) is 1. The minimum absolute atomic E-state index is 0.257. The van der Waals surface area contributed by atoms with Crippen molar-refractivity contribution >= 4 is 17.3 Å². The van der Waals surface area contributed by atoms with Gasteiger partial charge in [0.15, 0.2) is 6.04 Å². The van der Waals surface area contributed by atoms with E-state index >= 15 is 0 Å². The molecule has 5 nitrogen and oxygen atoms in total. The Morgan fingerprint density at radius 3 is 2.53 bits per heavy atom. The number of carbonyl (C=O) groups excluding carboxylic acids is 1. The first-order valence-electron chi connectivity index (χ1n) is 9.79. The predicted molar refractivity (Wildman–Crippen MR) is 115 cm³/mol. The lowest BCUT2D eigenvalue weighted by Crippen LogP contribution is -2.25. The van der Waals surface area contributed by atoms with Gasteiger partial charge in [0.25, 0.3) is 0 Å². The van der Waals surface area contributed by atoms with Crippen LogP contribution in [0.15, 0.2) is 72.9 Å². The first-order valence-corrected chi connectivity index (χ1v) is 9.79. The SMILES string of the molecule is CCOC(=O)C(Nc1ccc(C)cc1)c1c(-c2ccc(F)cc2)nc2ccccn12. The maximum absolute atomic E-state index is 13.5. The lowest BCUT2D eigenvalue weighted by atomic mass is 10.0. The summed E-state index contributed by atoms with van der Waals surface area (Å²) in [5, 5.41) is 3.30. The Hall–Kier alpha value is -3.67. The molecule has 0 aliphatic rings. The molecule has 0 aliphatic carbocycles. The molecule has 0 saturated heterocycles. The molecule has 152 valence electrons. The van der Waals surface area contributed by atoms with E-state index in [-0.39, 0.29) is 12.4 Å². The smallest absolute Gasteiger partial charge is 0.334 e. The maximum Gasteiger partial charge on any atom is 0.334 e. The normalized spacial score (nSPS) is 12.0. The third-order valence-electron chi connectivity index (χ3n) is 4.84. The summed E-state index contributed by atoms with van der Waals surface area (Å²) in [6, 6.07) is 18.7. The molecular weight excluding hydrogens is 381 g/mol. The molecule has 0 aliphatic heterocycles. The molecule has 2 aromatic carbocycles. The standard InChI is InChI=1S/C24H22FN3O2/c1-3-30-24(29)22(26-19-13-7-16(2)8-14-19)23-21(17-9-11-18(25)12-10-17)27-20-6-4-5-15-28(20)23/h4-15,22,26H,3H2,1-2H3. The highest BCUT2D eigenvalue weighted by Gasteiger charge is 2.29. The highest BCUT2D eigenvalue weighted by Crippen LogP contribution is 2.32. The van der Waals surface area contributed by atoms with Crippen molar-refractivity contribution in [2.45, 2.75) is 19.9 Å². The molecule has 6 heteroatoms. The predicted octanol–water partition coefficient (Wildman–Crippen LogP) is 5.17. The maximum atomic E-state index is 13.5. The Morgan fingerprint density at radius 2 is 1.83 bits per heavy atom. The van der Waals surface area contributed by atoms with Crippen molar-refractivity contribution in [2.24, 2.45) is 0 Å². The van der Waals surface area contributed by atoms with Crippen LogP contribution < -0.4 is 5.32 Å². The lowest BCUT2D eigenvalue weighted by Gasteiger charge is -2.20. The molecule has 30 heavy (non-hydrogen) atoms. The number of hydrogen-bond donors (Lipinski definition) is 1. The van der Waals surface area contributed by atoms with E-state index in [1.807, 2.05) is 60.0 Å². The molecule has 1 N–H and O–H groups in total. The zero-order valence-corrected chi connectivity index (χ0v) is 16.8. The number of nitrogens with zero attached hydrogens (tertiary/aromatic N) is 2. The van der Waals surface area contributed by atoms with E-state index < -0.39 is 12.0 Å². The number of esters is 1. The number of benzene rings is 2. The van der Waals surface area contributed by atoms with E-state index in [2.05, 4.69) is 5.32 Å². The highest BCUT2D eigenvalue weighted by molar-refractivity contribution is 5.84. The van der Waals surface area contributed by atoms with Crippen molar-refractivity contribution in [1.29, 1.82) is 0 Å². The second kappa shape index (κ2) is 8.37. The van der Waals surface area contributed by atoms with Gasteiger partial charge in [0.05, 0.1) is 18.0 Å². The van der Waals surface area contributed by atoms with Gasteiger partial charge in [-0.3, -0.25) is 0 Å². The van der Waals surface area contributed by atoms with Gasteiger partial charge in [0.1, 0.15) is 11.5 Å². The van der Waals surface area contributed by atoms with Gasteiger partial charge in [0.2, 0.25) is 0 Å². The number of aryl methyl sites for hydroxylation is 1. The third kappa shape index (κ3) is 3.89. The van der Waals surface area contributed by atoms with Crippen LogP contribution in [-0.2, 0) is 9.53 Å². The molecule has 1 atom stereocenters. The largest absolute Gasteiger partial charge is 0.464 e. The Kier molecular flexibility index (Phi) is 5.48. The number of hydrogen-bond acceptors (Lipinski definition) is 4.